The Balaban J connectivity index is 1.47. The van der Waals surface area contributed by atoms with Crippen LogP contribution < -0.4 is 15.4 Å². The molecule has 0 unspecified atom stereocenters. The maximum atomic E-state index is 14.1. The summed E-state index contributed by atoms with van der Waals surface area (Å²) in [4.78, 5) is 13.4. The first-order valence-electron chi connectivity index (χ1n) is 10.8. The Bertz CT molecular complexity index is 1260. The number of piperidine rings is 1. The van der Waals surface area contributed by atoms with Crippen molar-refractivity contribution >= 4 is 17.3 Å². The third-order valence-electron chi connectivity index (χ3n) is 5.99. The van der Waals surface area contributed by atoms with Gasteiger partial charge >= 0.3 is 0 Å². The van der Waals surface area contributed by atoms with Crippen molar-refractivity contribution in [2.24, 2.45) is 0 Å². The van der Waals surface area contributed by atoms with E-state index in [0.717, 1.165) is 42.9 Å². The van der Waals surface area contributed by atoms with Gasteiger partial charge in [-0.15, -0.1) is 0 Å². The average molecular weight is 433 g/mol. The van der Waals surface area contributed by atoms with Crippen LogP contribution in [-0.4, -0.2) is 39.6 Å². The van der Waals surface area contributed by atoms with Gasteiger partial charge in [-0.3, -0.25) is 4.40 Å². The summed E-state index contributed by atoms with van der Waals surface area (Å²) in [6.45, 7) is 4.01. The van der Waals surface area contributed by atoms with Crippen LogP contribution in [0.1, 0.15) is 29.9 Å². The molecule has 1 fully saturated rings. The van der Waals surface area contributed by atoms with Crippen LogP contribution in [0.25, 0.3) is 17.0 Å². The molecule has 7 nitrogen and oxygen atoms in total. The van der Waals surface area contributed by atoms with Crippen molar-refractivity contribution in [1.82, 2.24) is 24.7 Å². The minimum atomic E-state index is -0.373. The number of imidazole rings is 1. The molecule has 0 amide bonds. The first-order valence-corrected chi connectivity index (χ1v) is 10.8. The van der Waals surface area contributed by atoms with Gasteiger partial charge in [0.2, 0.25) is 5.95 Å². The van der Waals surface area contributed by atoms with Crippen molar-refractivity contribution in [3.63, 3.8) is 0 Å². The molecule has 1 aliphatic heterocycles. The zero-order chi connectivity index (χ0) is 22.1. The number of benzene rings is 1. The highest BCUT2D eigenvalue weighted by Gasteiger charge is 2.18. The summed E-state index contributed by atoms with van der Waals surface area (Å²) in [5, 5.41) is 6.68. The van der Waals surface area contributed by atoms with Gasteiger partial charge in [0.25, 0.3) is 0 Å². The van der Waals surface area contributed by atoms with Gasteiger partial charge in [-0.2, -0.15) is 0 Å². The highest BCUT2D eigenvalue weighted by molar-refractivity contribution is 5.67. The van der Waals surface area contributed by atoms with Crippen LogP contribution in [0.15, 0.2) is 48.9 Å². The van der Waals surface area contributed by atoms with E-state index in [9.17, 15) is 4.39 Å². The number of aromatic nitrogens is 4. The van der Waals surface area contributed by atoms with E-state index in [1.807, 2.05) is 13.0 Å². The fourth-order valence-electron chi connectivity index (χ4n) is 4.25. The molecule has 0 saturated carbocycles. The van der Waals surface area contributed by atoms with Gasteiger partial charge in [-0.05, 0) is 74.2 Å². The Morgan fingerprint density at radius 1 is 1.16 bits per heavy atom. The van der Waals surface area contributed by atoms with Gasteiger partial charge in [0.1, 0.15) is 5.75 Å². The molecule has 4 aromatic rings. The van der Waals surface area contributed by atoms with E-state index in [1.54, 1.807) is 36.2 Å². The second-order valence-electron chi connectivity index (χ2n) is 8.03. The fraction of sp³-hybridized carbons (Fsp3) is 0.292. The molecule has 1 saturated heterocycles. The SMILES string of the molecule is COc1cc(C2CCNCC2)ccc1Nc1ncc(C)c(-c2cnc3c(F)cccn23)n1. The van der Waals surface area contributed by atoms with E-state index >= 15 is 0 Å². The second-order valence-corrected chi connectivity index (χ2v) is 8.03. The Morgan fingerprint density at radius 3 is 2.81 bits per heavy atom. The summed E-state index contributed by atoms with van der Waals surface area (Å²) in [6.07, 6.45) is 7.41. The first-order chi connectivity index (χ1) is 15.6. The van der Waals surface area contributed by atoms with Gasteiger partial charge < -0.3 is 15.4 Å². The highest BCUT2D eigenvalue weighted by Crippen LogP contribution is 2.34. The summed E-state index contributed by atoms with van der Waals surface area (Å²) in [6, 6.07) is 9.30. The molecule has 0 radical (unpaired) electrons. The lowest BCUT2D eigenvalue weighted by atomic mass is 9.90. The summed E-state index contributed by atoms with van der Waals surface area (Å²) in [5.41, 5.74) is 4.61. The quantitative estimate of drug-likeness (QED) is 0.485. The third-order valence-corrected chi connectivity index (χ3v) is 5.99. The van der Waals surface area contributed by atoms with Gasteiger partial charge in [-0.1, -0.05) is 6.07 Å². The summed E-state index contributed by atoms with van der Waals surface area (Å²) < 4.78 is 21.4. The number of pyridine rings is 1. The molecule has 8 heteroatoms. The number of aryl methyl sites for hydroxylation is 1. The standard InChI is InChI=1S/C24H25FN6O/c1-15-13-28-24(30-22(15)20-14-27-23-18(25)4-3-11-31(20)23)29-19-6-5-17(12-21(19)32-2)16-7-9-26-10-8-16/h3-6,11-14,16,26H,7-10H2,1-2H3,(H,28,29,30). The molecular weight excluding hydrogens is 407 g/mol. The molecule has 0 spiro atoms. The number of anilines is 2. The smallest absolute Gasteiger partial charge is 0.227 e. The molecule has 1 aromatic carbocycles. The van der Waals surface area contributed by atoms with E-state index in [0.29, 0.717) is 23.3 Å². The molecule has 32 heavy (non-hydrogen) atoms. The second kappa shape index (κ2) is 8.55. The van der Waals surface area contributed by atoms with Crippen LogP contribution in [0.4, 0.5) is 16.0 Å². The molecule has 0 bridgehead atoms. The number of hydrogen-bond acceptors (Lipinski definition) is 6. The monoisotopic (exact) mass is 432 g/mol. The maximum absolute atomic E-state index is 14.1. The number of hydrogen-bond donors (Lipinski definition) is 2. The summed E-state index contributed by atoms with van der Waals surface area (Å²) >= 11 is 0. The summed E-state index contributed by atoms with van der Waals surface area (Å²) in [5.74, 6) is 1.35. The number of fused-ring (bicyclic) bond motifs is 1. The molecule has 164 valence electrons. The van der Waals surface area contributed by atoms with Gasteiger partial charge in [0, 0.05) is 12.4 Å². The molecule has 3 aromatic heterocycles. The number of rotatable bonds is 5. The number of nitrogens with one attached hydrogen (secondary N) is 2. The van der Waals surface area contributed by atoms with Crippen LogP contribution in [0.2, 0.25) is 0 Å². The van der Waals surface area contributed by atoms with Gasteiger partial charge in [0.15, 0.2) is 11.5 Å². The van der Waals surface area contributed by atoms with Gasteiger partial charge in [0.05, 0.1) is 30.4 Å². The van der Waals surface area contributed by atoms with Crippen LogP contribution >= 0.6 is 0 Å². The first kappa shape index (κ1) is 20.4. The molecule has 2 N–H and O–H groups in total. The van der Waals surface area contributed by atoms with Crippen molar-refractivity contribution in [3.8, 4) is 17.1 Å². The summed E-state index contributed by atoms with van der Waals surface area (Å²) in [7, 11) is 1.67. The topological polar surface area (TPSA) is 76.4 Å². The molecular formula is C24H25FN6O. The molecule has 5 rings (SSSR count). The van der Waals surface area contributed by atoms with Crippen molar-refractivity contribution < 1.29 is 9.13 Å². The maximum Gasteiger partial charge on any atom is 0.227 e. The van der Waals surface area contributed by atoms with Crippen molar-refractivity contribution in [2.75, 3.05) is 25.5 Å². The van der Waals surface area contributed by atoms with Crippen LogP contribution in [0.3, 0.4) is 0 Å². The van der Waals surface area contributed by atoms with Crippen molar-refractivity contribution in [3.05, 3.63) is 65.9 Å². The lowest BCUT2D eigenvalue weighted by molar-refractivity contribution is 0.413. The van der Waals surface area contributed by atoms with E-state index in [1.165, 1.54) is 11.6 Å². The fourth-order valence-corrected chi connectivity index (χ4v) is 4.25. The van der Waals surface area contributed by atoms with Gasteiger partial charge in [-0.25, -0.2) is 19.3 Å². The van der Waals surface area contributed by atoms with E-state index in [4.69, 9.17) is 9.72 Å². The van der Waals surface area contributed by atoms with Crippen LogP contribution in [0.5, 0.6) is 5.75 Å². The third kappa shape index (κ3) is 3.78. The minimum absolute atomic E-state index is 0.269. The predicted molar refractivity (Wildman–Crippen MR) is 122 cm³/mol. The highest BCUT2D eigenvalue weighted by atomic mass is 19.1. The normalized spacial score (nSPS) is 14.6. The van der Waals surface area contributed by atoms with E-state index < -0.39 is 0 Å². The van der Waals surface area contributed by atoms with Crippen LogP contribution in [-0.2, 0) is 0 Å². The zero-order valence-corrected chi connectivity index (χ0v) is 18.1. The number of ether oxygens (including phenoxy) is 1. The Kier molecular flexibility index (Phi) is 5.45. The van der Waals surface area contributed by atoms with E-state index in [2.05, 4.69) is 32.7 Å². The van der Waals surface area contributed by atoms with E-state index in [-0.39, 0.29) is 11.5 Å². The van der Waals surface area contributed by atoms with Crippen molar-refractivity contribution in [1.29, 1.82) is 0 Å². The Hall–Kier alpha value is -3.52. The number of halogens is 1. The predicted octanol–water partition coefficient (Wildman–Crippen LogP) is 4.46. The number of methoxy groups -OCH3 is 1. The largest absolute Gasteiger partial charge is 0.495 e. The minimum Gasteiger partial charge on any atom is -0.495 e. The average Bonchev–Trinajstić information content (AvgIpc) is 3.26. The molecule has 0 atom stereocenters. The number of nitrogens with zero attached hydrogens (tertiary/aromatic N) is 4. The molecule has 1 aliphatic rings. The lowest BCUT2D eigenvalue weighted by Crippen LogP contribution is -2.26. The zero-order valence-electron chi connectivity index (χ0n) is 18.1. The molecule has 4 heterocycles. The molecule has 0 aliphatic carbocycles. The lowest BCUT2D eigenvalue weighted by Gasteiger charge is -2.24. The van der Waals surface area contributed by atoms with Crippen LogP contribution in [0, 0.1) is 12.7 Å². The van der Waals surface area contributed by atoms with Crippen molar-refractivity contribution in [2.45, 2.75) is 25.7 Å². The Morgan fingerprint density at radius 2 is 2.00 bits per heavy atom. The Labute approximate surface area is 185 Å².